The van der Waals surface area contributed by atoms with Crippen molar-refractivity contribution in [2.45, 2.75) is 45.4 Å². The Kier molecular flexibility index (Phi) is 5.90. The second kappa shape index (κ2) is 7.68. The second-order valence-electron chi connectivity index (χ2n) is 6.48. The fourth-order valence-electron chi connectivity index (χ4n) is 3.30. The molecular formula is C18H29NO. The predicted octanol–water partition coefficient (Wildman–Crippen LogP) is 4.21. The lowest BCUT2D eigenvalue weighted by Gasteiger charge is -2.25. The number of hydrogen-bond acceptors (Lipinski definition) is 2. The maximum atomic E-state index is 5.27. The van der Waals surface area contributed by atoms with Crippen LogP contribution in [0.1, 0.15) is 51.0 Å². The van der Waals surface area contributed by atoms with Gasteiger partial charge in [0.25, 0.3) is 0 Å². The number of methoxy groups -OCH3 is 1. The van der Waals surface area contributed by atoms with Gasteiger partial charge in [-0.05, 0) is 54.8 Å². The van der Waals surface area contributed by atoms with Gasteiger partial charge in [0.05, 0.1) is 7.11 Å². The third-order valence-corrected chi connectivity index (χ3v) is 4.43. The van der Waals surface area contributed by atoms with Crippen LogP contribution in [0.3, 0.4) is 0 Å². The van der Waals surface area contributed by atoms with Crippen LogP contribution in [0.4, 0.5) is 0 Å². The van der Waals surface area contributed by atoms with E-state index in [-0.39, 0.29) is 0 Å². The molecule has 0 bridgehead atoms. The molecule has 1 fully saturated rings. The average Bonchev–Trinajstić information content (AvgIpc) is 2.97. The van der Waals surface area contributed by atoms with Crippen molar-refractivity contribution in [3.05, 3.63) is 29.8 Å². The van der Waals surface area contributed by atoms with Crippen LogP contribution in [0.2, 0.25) is 0 Å². The lowest BCUT2D eigenvalue weighted by molar-refractivity contribution is 0.398. The Morgan fingerprint density at radius 2 is 1.75 bits per heavy atom. The molecular weight excluding hydrogens is 246 g/mol. The van der Waals surface area contributed by atoms with E-state index in [1.807, 2.05) is 0 Å². The second-order valence-corrected chi connectivity index (χ2v) is 6.48. The van der Waals surface area contributed by atoms with E-state index in [0.717, 1.165) is 30.7 Å². The molecule has 1 N–H and O–H groups in total. The zero-order valence-corrected chi connectivity index (χ0v) is 13.2. The first-order valence-corrected chi connectivity index (χ1v) is 8.05. The van der Waals surface area contributed by atoms with E-state index in [0.29, 0.717) is 5.92 Å². The molecule has 1 aliphatic rings. The van der Waals surface area contributed by atoms with Crippen LogP contribution in [0.5, 0.6) is 5.75 Å². The van der Waals surface area contributed by atoms with Gasteiger partial charge < -0.3 is 10.1 Å². The molecule has 1 aromatic carbocycles. The van der Waals surface area contributed by atoms with Gasteiger partial charge in [-0.1, -0.05) is 38.8 Å². The summed E-state index contributed by atoms with van der Waals surface area (Å²) in [5.74, 6) is 3.18. The Balaban J connectivity index is 2.03. The van der Waals surface area contributed by atoms with E-state index in [2.05, 4.69) is 43.4 Å². The molecule has 1 aromatic rings. The minimum absolute atomic E-state index is 0.655. The predicted molar refractivity (Wildman–Crippen MR) is 85.4 cm³/mol. The first kappa shape index (κ1) is 15.4. The number of hydrogen-bond donors (Lipinski definition) is 1. The van der Waals surface area contributed by atoms with Crippen LogP contribution in [0.25, 0.3) is 0 Å². The van der Waals surface area contributed by atoms with Gasteiger partial charge in [0, 0.05) is 6.54 Å². The Hall–Kier alpha value is -1.02. The van der Waals surface area contributed by atoms with Crippen molar-refractivity contribution < 1.29 is 4.74 Å². The molecule has 112 valence electrons. The summed E-state index contributed by atoms with van der Waals surface area (Å²) in [6.45, 7) is 6.75. The van der Waals surface area contributed by atoms with E-state index < -0.39 is 0 Å². The Bertz CT molecular complexity index is 379. The summed E-state index contributed by atoms with van der Waals surface area (Å²) in [6.07, 6.45) is 5.59. The number of rotatable bonds is 7. The molecule has 20 heavy (non-hydrogen) atoms. The zero-order valence-electron chi connectivity index (χ0n) is 13.2. The summed E-state index contributed by atoms with van der Waals surface area (Å²) in [7, 11) is 1.73. The smallest absolute Gasteiger partial charge is 0.118 e. The van der Waals surface area contributed by atoms with Crippen LogP contribution in [-0.4, -0.2) is 20.2 Å². The fraction of sp³-hybridized carbons (Fsp3) is 0.667. The highest BCUT2D eigenvalue weighted by Gasteiger charge is 2.26. The van der Waals surface area contributed by atoms with Crippen molar-refractivity contribution in [3.63, 3.8) is 0 Å². The van der Waals surface area contributed by atoms with E-state index in [4.69, 9.17) is 4.74 Å². The number of benzene rings is 1. The molecule has 2 rings (SSSR count). The van der Waals surface area contributed by atoms with E-state index in [1.165, 1.54) is 31.2 Å². The van der Waals surface area contributed by atoms with Crippen molar-refractivity contribution >= 4 is 0 Å². The molecule has 1 saturated carbocycles. The Morgan fingerprint density at radius 1 is 1.10 bits per heavy atom. The normalized spacial score (nSPS) is 17.6. The van der Waals surface area contributed by atoms with Crippen molar-refractivity contribution in [1.82, 2.24) is 5.32 Å². The van der Waals surface area contributed by atoms with Crippen LogP contribution < -0.4 is 10.1 Å². The average molecular weight is 275 g/mol. The lowest BCUT2D eigenvalue weighted by Crippen LogP contribution is -2.28. The topological polar surface area (TPSA) is 21.3 Å². The standard InChI is InChI=1S/C18H29NO/c1-14(2)12-19-13-18(15-6-4-5-7-15)16-8-10-17(20-3)11-9-16/h8-11,14-15,18-19H,4-7,12-13H2,1-3H3. The van der Waals surface area contributed by atoms with E-state index >= 15 is 0 Å². The van der Waals surface area contributed by atoms with Gasteiger partial charge in [0.2, 0.25) is 0 Å². The molecule has 2 heteroatoms. The number of nitrogens with one attached hydrogen (secondary N) is 1. The zero-order chi connectivity index (χ0) is 14.4. The Morgan fingerprint density at radius 3 is 2.30 bits per heavy atom. The highest BCUT2D eigenvalue weighted by Crippen LogP contribution is 2.37. The third kappa shape index (κ3) is 4.24. The monoisotopic (exact) mass is 275 g/mol. The number of ether oxygens (including phenoxy) is 1. The van der Waals surface area contributed by atoms with Gasteiger partial charge in [-0.15, -0.1) is 0 Å². The summed E-state index contributed by atoms with van der Waals surface area (Å²) in [5, 5.41) is 3.66. The van der Waals surface area contributed by atoms with Crippen molar-refractivity contribution in [2.75, 3.05) is 20.2 Å². The summed E-state index contributed by atoms with van der Waals surface area (Å²) >= 11 is 0. The van der Waals surface area contributed by atoms with E-state index in [1.54, 1.807) is 7.11 Å². The highest BCUT2D eigenvalue weighted by atomic mass is 16.5. The maximum Gasteiger partial charge on any atom is 0.118 e. The van der Waals surface area contributed by atoms with Crippen LogP contribution in [-0.2, 0) is 0 Å². The first-order valence-electron chi connectivity index (χ1n) is 8.05. The molecule has 0 aromatic heterocycles. The van der Waals surface area contributed by atoms with Crippen molar-refractivity contribution in [2.24, 2.45) is 11.8 Å². The summed E-state index contributed by atoms with van der Waals surface area (Å²) < 4.78 is 5.27. The molecule has 0 saturated heterocycles. The van der Waals surface area contributed by atoms with Gasteiger partial charge in [-0.25, -0.2) is 0 Å². The van der Waals surface area contributed by atoms with Crippen molar-refractivity contribution in [1.29, 1.82) is 0 Å². The lowest BCUT2D eigenvalue weighted by atomic mass is 9.84. The fourth-order valence-corrected chi connectivity index (χ4v) is 3.30. The maximum absolute atomic E-state index is 5.27. The molecule has 0 amide bonds. The van der Waals surface area contributed by atoms with Crippen LogP contribution in [0, 0.1) is 11.8 Å². The molecule has 1 aliphatic carbocycles. The van der Waals surface area contributed by atoms with E-state index in [9.17, 15) is 0 Å². The summed E-state index contributed by atoms with van der Waals surface area (Å²) in [6, 6.07) is 8.69. The molecule has 0 radical (unpaired) electrons. The molecule has 2 nitrogen and oxygen atoms in total. The molecule has 0 heterocycles. The van der Waals surface area contributed by atoms with Crippen molar-refractivity contribution in [3.8, 4) is 5.75 Å². The van der Waals surface area contributed by atoms with Gasteiger partial charge in [-0.3, -0.25) is 0 Å². The molecule has 0 spiro atoms. The van der Waals surface area contributed by atoms with Gasteiger partial charge in [0.15, 0.2) is 0 Å². The minimum atomic E-state index is 0.655. The minimum Gasteiger partial charge on any atom is -0.497 e. The SMILES string of the molecule is COc1ccc(C(CNCC(C)C)C2CCCC2)cc1. The summed E-state index contributed by atoms with van der Waals surface area (Å²) in [4.78, 5) is 0. The first-order chi connectivity index (χ1) is 9.70. The Labute approximate surface area is 123 Å². The van der Waals surface area contributed by atoms with Gasteiger partial charge in [-0.2, -0.15) is 0 Å². The third-order valence-electron chi connectivity index (χ3n) is 4.43. The van der Waals surface area contributed by atoms with Gasteiger partial charge >= 0.3 is 0 Å². The highest BCUT2D eigenvalue weighted by molar-refractivity contribution is 5.30. The largest absolute Gasteiger partial charge is 0.497 e. The molecule has 1 unspecified atom stereocenters. The van der Waals surface area contributed by atoms with Crippen LogP contribution in [0.15, 0.2) is 24.3 Å². The van der Waals surface area contributed by atoms with Crippen LogP contribution >= 0.6 is 0 Å². The van der Waals surface area contributed by atoms with Gasteiger partial charge in [0.1, 0.15) is 5.75 Å². The summed E-state index contributed by atoms with van der Waals surface area (Å²) in [5.41, 5.74) is 1.47. The molecule has 1 atom stereocenters. The molecule has 0 aliphatic heterocycles. The quantitative estimate of drug-likeness (QED) is 0.804.